The maximum Gasteiger partial charge on any atom is 0.333 e. The fourth-order valence-corrected chi connectivity index (χ4v) is 2.41. The first-order valence-corrected chi connectivity index (χ1v) is 7.35. The van der Waals surface area contributed by atoms with E-state index in [2.05, 4.69) is 19.2 Å². The van der Waals surface area contributed by atoms with Gasteiger partial charge in [0.05, 0.1) is 18.8 Å². The summed E-state index contributed by atoms with van der Waals surface area (Å²) >= 11 is 0. The zero-order valence-electron chi connectivity index (χ0n) is 12.6. The summed E-state index contributed by atoms with van der Waals surface area (Å²) in [6.07, 6.45) is 5.86. The standard InChI is InChI=1S/C15H27NO3/c1-5-13(6-2)19-14-9-11(15(17)18-7-3)8-12(10-14)16-4/h9,12-14,16H,5-8,10H2,1-4H3. The fraction of sp³-hybridized carbons (Fsp3) is 0.800. The first-order chi connectivity index (χ1) is 9.14. The van der Waals surface area contributed by atoms with Crippen molar-refractivity contribution >= 4 is 5.97 Å². The molecule has 0 aromatic carbocycles. The van der Waals surface area contributed by atoms with E-state index >= 15 is 0 Å². The molecule has 110 valence electrons. The first-order valence-electron chi connectivity index (χ1n) is 7.35. The van der Waals surface area contributed by atoms with Crippen LogP contribution in [0.15, 0.2) is 11.6 Å². The van der Waals surface area contributed by atoms with Crippen LogP contribution in [-0.4, -0.2) is 37.9 Å². The van der Waals surface area contributed by atoms with Crippen molar-refractivity contribution in [3.05, 3.63) is 11.6 Å². The van der Waals surface area contributed by atoms with Crippen LogP contribution in [0, 0.1) is 0 Å². The van der Waals surface area contributed by atoms with Gasteiger partial charge in [0.1, 0.15) is 0 Å². The molecule has 2 atom stereocenters. The van der Waals surface area contributed by atoms with E-state index in [1.54, 1.807) is 0 Å². The molecular weight excluding hydrogens is 242 g/mol. The summed E-state index contributed by atoms with van der Waals surface area (Å²) in [4.78, 5) is 11.9. The Morgan fingerprint density at radius 1 is 1.42 bits per heavy atom. The Morgan fingerprint density at radius 2 is 2.11 bits per heavy atom. The van der Waals surface area contributed by atoms with E-state index in [0.717, 1.165) is 31.3 Å². The number of rotatable bonds is 7. The molecule has 1 N–H and O–H groups in total. The second-order valence-electron chi connectivity index (χ2n) is 4.95. The summed E-state index contributed by atoms with van der Waals surface area (Å²) in [5.41, 5.74) is 0.739. The third-order valence-electron chi connectivity index (χ3n) is 3.59. The number of carbonyl (C=O) groups is 1. The Morgan fingerprint density at radius 3 is 2.63 bits per heavy atom. The van der Waals surface area contributed by atoms with E-state index in [1.165, 1.54) is 0 Å². The molecule has 0 aromatic heterocycles. The van der Waals surface area contributed by atoms with E-state index in [4.69, 9.17) is 9.47 Å². The second kappa shape index (κ2) is 8.33. The van der Waals surface area contributed by atoms with Gasteiger partial charge in [0.15, 0.2) is 0 Å². The van der Waals surface area contributed by atoms with E-state index < -0.39 is 0 Å². The zero-order chi connectivity index (χ0) is 14.3. The Labute approximate surface area is 116 Å². The maximum absolute atomic E-state index is 11.9. The lowest BCUT2D eigenvalue weighted by Crippen LogP contribution is -2.37. The van der Waals surface area contributed by atoms with Crippen LogP contribution in [0.5, 0.6) is 0 Å². The van der Waals surface area contributed by atoms with E-state index in [9.17, 15) is 4.79 Å². The molecule has 0 amide bonds. The van der Waals surface area contributed by atoms with Gasteiger partial charge in [-0.25, -0.2) is 4.79 Å². The van der Waals surface area contributed by atoms with Gasteiger partial charge in [-0.2, -0.15) is 0 Å². The predicted octanol–water partition coefficient (Wildman–Crippen LogP) is 2.43. The van der Waals surface area contributed by atoms with Crippen molar-refractivity contribution in [1.82, 2.24) is 5.32 Å². The highest BCUT2D eigenvalue weighted by Crippen LogP contribution is 2.24. The summed E-state index contributed by atoms with van der Waals surface area (Å²) < 4.78 is 11.1. The monoisotopic (exact) mass is 269 g/mol. The van der Waals surface area contributed by atoms with Gasteiger partial charge in [-0.3, -0.25) is 0 Å². The van der Waals surface area contributed by atoms with Crippen LogP contribution in [0.4, 0.5) is 0 Å². The van der Waals surface area contributed by atoms with Crippen molar-refractivity contribution in [2.75, 3.05) is 13.7 Å². The molecule has 0 bridgehead atoms. The predicted molar refractivity (Wildman–Crippen MR) is 76.0 cm³/mol. The molecular formula is C15H27NO3. The lowest BCUT2D eigenvalue weighted by atomic mass is 9.92. The van der Waals surface area contributed by atoms with Gasteiger partial charge in [-0.15, -0.1) is 0 Å². The van der Waals surface area contributed by atoms with Crippen LogP contribution < -0.4 is 5.32 Å². The zero-order valence-corrected chi connectivity index (χ0v) is 12.6. The average Bonchev–Trinajstić information content (AvgIpc) is 2.44. The van der Waals surface area contributed by atoms with Crippen molar-refractivity contribution in [2.24, 2.45) is 0 Å². The molecule has 0 spiro atoms. The average molecular weight is 269 g/mol. The molecule has 0 aromatic rings. The van der Waals surface area contributed by atoms with Gasteiger partial charge in [-0.1, -0.05) is 13.8 Å². The van der Waals surface area contributed by atoms with Crippen molar-refractivity contribution < 1.29 is 14.3 Å². The number of hydrogen-bond donors (Lipinski definition) is 1. The van der Waals surface area contributed by atoms with Crippen LogP contribution in [0.2, 0.25) is 0 Å². The molecule has 0 radical (unpaired) electrons. The third-order valence-corrected chi connectivity index (χ3v) is 3.59. The highest BCUT2D eigenvalue weighted by Gasteiger charge is 2.27. The minimum Gasteiger partial charge on any atom is -0.463 e. The van der Waals surface area contributed by atoms with Crippen molar-refractivity contribution in [2.45, 2.75) is 64.7 Å². The van der Waals surface area contributed by atoms with E-state index in [1.807, 2.05) is 20.0 Å². The van der Waals surface area contributed by atoms with Crippen molar-refractivity contribution in [3.63, 3.8) is 0 Å². The molecule has 2 unspecified atom stereocenters. The Balaban J connectivity index is 2.73. The lowest BCUT2D eigenvalue weighted by Gasteiger charge is -2.30. The largest absolute Gasteiger partial charge is 0.463 e. The maximum atomic E-state index is 11.9. The highest BCUT2D eigenvalue weighted by atomic mass is 16.5. The number of esters is 1. The molecule has 1 aliphatic rings. The minimum atomic E-state index is -0.208. The summed E-state index contributed by atoms with van der Waals surface area (Å²) in [5.74, 6) is -0.208. The molecule has 4 heteroatoms. The second-order valence-corrected chi connectivity index (χ2v) is 4.95. The lowest BCUT2D eigenvalue weighted by molar-refractivity contribution is -0.139. The normalized spacial score (nSPS) is 23.3. The molecule has 0 saturated heterocycles. The van der Waals surface area contributed by atoms with Crippen molar-refractivity contribution in [1.29, 1.82) is 0 Å². The SMILES string of the molecule is CCOC(=O)C1=CC(OC(CC)CC)CC(NC)C1. The topological polar surface area (TPSA) is 47.6 Å². The van der Waals surface area contributed by atoms with Gasteiger partial charge in [0.2, 0.25) is 0 Å². The summed E-state index contributed by atoms with van der Waals surface area (Å²) in [6.45, 7) is 6.50. The van der Waals surface area contributed by atoms with E-state index in [0.29, 0.717) is 6.61 Å². The number of carbonyl (C=O) groups excluding carboxylic acids is 1. The Bertz CT molecular complexity index is 311. The van der Waals surface area contributed by atoms with Crippen LogP contribution in [0.25, 0.3) is 0 Å². The number of ether oxygens (including phenoxy) is 2. The van der Waals surface area contributed by atoms with Crippen LogP contribution in [-0.2, 0) is 14.3 Å². The Hall–Kier alpha value is -0.870. The van der Waals surface area contributed by atoms with Gasteiger partial charge in [0, 0.05) is 11.6 Å². The van der Waals surface area contributed by atoms with E-state index in [-0.39, 0.29) is 24.2 Å². The molecule has 1 aliphatic carbocycles. The summed E-state index contributed by atoms with van der Waals surface area (Å²) in [6, 6.07) is 0.281. The van der Waals surface area contributed by atoms with Gasteiger partial charge >= 0.3 is 5.97 Å². The van der Waals surface area contributed by atoms with Crippen molar-refractivity contribution in [3.8, 4) is 0 Å². The van der Waals surface area contributed by atoms with Gasteiger partial charge in [0.25, 0.3) is 0 Å². The summed E-state index contributed by atoms with van der Waals surface area (Å²) in [7, 11) is 1.92. The molecule has 1 rings (SSSR count). The molecule has 0 fully saturated rings. The molecule has 4 nitrogen and oxygen atoms in total. The minimum absolute atomic E-state index is 0.00973. The molecule has 0 aliphatic heterocycles. The summed E-state index contributed by atoms with van der Waals surface area (Å²) in [5, 5.41) is 3.24. The quantitative estimate of drug-likeness (QED) is 0.721. The third kappa shape index (κ3) is 4.96. The molecule has 0 heterocycles. The molecule has 0 saturated carbocycles. The Kier molecular flexibility index (Phi) is 7.10. The van der Waals surface area contributed by atoms with Crippen LogP contribution >= 0.6 is 0 Å². The van der Waals surface area contributed by atoms with Gasteiger partial charge < -0.3 is 14.8 Å². The first kappa shape index (κ1) is 16.2. The smallest absolute Gasteiger partial charge is 0.333 e. The fourth-order valence-electron chi connectivity index (χ4n) is 2.41. The van der Waals surface area contributed by atoms with Crippen LogP contribution in [0.1, 0.15) is 46.5 Å². The van der Waals surface area contributed by atoms with Gasteiger partial charge in [-0.05, 0) is 45.7 Å². The highest BCUT2D eigenvalue weighted by molar-refractivity contribution is 5.88. The van der Waals surface area contributed by atoms with Crippen LogP contribution in [0.3, 0.4) is 0 Å². The number of nitrogens with one attached hydrogen (secondary N) is 1. The molecule has 19 heavy (non-hydrogen) atoms. The number of hydrogen-bond acceptors (Lipinski definition) is 4.